The number of amides is 1. The fourth-order valence-corrected chi connectivity index (χ4v) is 4.49. The maximum Gasteiger partial charge on any atom is 0.490 e. The number of nitrogens with one attached hydrogen (secondary N) is 1. The minimum absolute atomic E-state index is 0.144. The van der Waals surface area contributed by atoms with Gasteiger partial charge in [-0.3, -0.25) is 4.79 Å². The van der Waals surface area contributed by atoms with Gasteiger partial charge in [-0.25, -0.2) is 4.79 Å². The summed E-state index contributed by atoms with van der Waals surface area (Å²) in [6.45, 7) is 2.99. The van der Waals surface area contributed by atoms with E-state index in [0.29, 0.717) is 0 Å². The van der Waals surface area contributed by atoms with Crippen LogP contribution in [0.4, 0.5) is 13.2 Å². The highest BCUT2D eigenvalue weighted by molar-refractivity contribution is 7.17. The van der Waals surface area contributed by atoms with Crippen LogP contribution in [0.15, 0.2) is 29.6 Å². The number of thiophene rings is 1. The lowest BCUT2D eigenvalue weighted by Crippen LogP contribution is -2.65. The summed E-state index contributed by atoms with van der Waals surface area (Å²) in [6.07, 6.45) is -1.72. The number of carbonyl (C=O) groups excluding carboxylic acids is 1. The van der Waals surface area contributed by atoms with Crippen LogP contribution in [0.5, 0.6) is 0 Å². The number of piperidine rings is 1. The summed E-state index contributed by atoms with van der Waals surface area (Å²) in [7, 11) is 0. The van der Waals surface area contributed by atoms with Crippen molar-refractivity contribution in [2.75, 3.05) is 19.6 Å². The summed E-state index contributed by atoms with van der Waals surface area (Å²) in [6, 6.07) is 8.20. The zero-order valence-electron chi connectivity index (χ0n) is 14.4. The van der Waals surface area contributed by atoms with Gasteiger partial charge in [-0.1, -0.05) is 18.2 Å². The molecule has 2 fully saturated rings. The molecule has 27 heavy (non-hydrogen) atoms. The monoisotopic (exact) mass is 400 g/mol. The van der Waals surface area contributed by atoms with Crippen molar-refractivity contribution >= 4 is 33.3 Å². The zero-order chi connectivity index (χ0) is 19.7. The molecular weight excluding hydrogens is 381 g/mol. The summed E-state index contributed by atoms with van der Waals surface area (Å²) < 4.78 is 32.9. The number of rotatable bonds is 1. The van der Waals surface area contributed by atoms with E-state index in [-0.39, 0.29) is 11.4 Å². The highest BCUT2D eigenvalue weighted by Gasteiger charge is 2.48. The van der Waals surface area contributed by atoms with Crippen molar-refractivity contribution in [2.45, 2.75) is 31.0 Å². The standard InChI is InChI=1S/C16H18N2OS.C2HF3O2/c19-15(13-11-20-14-4-2-1-3-12(13)14)18-10-7-16(18)5-8-17-9-6-16;3-2(4,5)1(6)7/h1-4,11,17H,5-10H2;(H,6,7). The van der Waals surface area contributed by atoms with Crippen molar-refractivity contribution in [1.29, 1.82) is 0 Å². The second-order valence-electron chi connectivity index (χ2n) is 6.63. The van der Waals surface area contributed by atoms with Gasteiger partial charge in [-0.2, -0.15) is 13.2 Å². The topological polar surface area (TPSA) is 69.6 Å². The number of carbonyl (C=O) groups is 2. The van der Waals surface area contributed by atoms with Crippen molar-refractivity contribution in [3.63, 3.8) is 0 Å². The highest BCUT2D eigenvalue weighted by Crippen LogP contribution is 2.40. The summed E-state index contributed by atoms with van der Waals surface area (Å²) in [5, 5.41) is 13.7. The molecule has 9 heteroatoms. The molecule has 3 heterocycles. The summed E-state index contributed by atoms with van der Waals surface area (Å²) in [5.74, 6) is -2.52. The van der Waals surface area contributed by atoms with Crippen molar-refractivity contribution in [3.8, 4) is 0 Å². The predicted octanol–water partition coefficient (Wildman–Crippen LogP) is 3.50. The first-order valence-electron chi connectivity index (χ1n) is 8.54. The Hall–Kier alpha value is -2.13. The largest absolute Gasteiger partial charge is 0.490 e. The fraction of sp³-hybridized carbons (Fsp3) is 0.444. The summed E-state index contributed by atoms with van der Waals surface area (Å²) >= 11 is 1.67. The number of fused-ring (bicyclic) bond motifs is 1. The van der Waals surface area contributed by atoms with E-state index in [9.17, 15) is 18.0 Å². The first kappa shape index (κ1) is 19.6. The molecule has 1 aromatic carbocycles. The molecular formula is C18H19F3N2O3S. The maximum absolute atomic E-state index is 12.9. The molecule has 0 aliphatic carbocycles. The van der Waals surface area contributed by atoms with Crippen molar-refractivity contribution in [3.05, 3.63) is 35.2 Å². The van der Waals surface area contributed by atoms with Crippen molar-refractivity contribution in [1.82, 2.24) is 10.2 Å². The van der Waals surface area contributed by atoms with Gasteiger partial charge >= 0.3 is 12.1 Å². The molecule has 4 rings (SSSR count). The third kappa shape index (κ3) is 3.93. The lowest BCUT2D eigenvalue weighted by atomic mass is 9.76. The molecule has 0 bridgehead atoms. The van der Waals surface area contributed by atoms with Gasteiger partial charge in [0.15, 0.2) is 0 Å². The number of carboxylic acid groups (broad SMARTS) is 1. The summed E-state index contributed by atoms with van der Waals surface area (Å²) in [4.78, 5) is 23.9. The molecule has 0 saturated carbocycles. The van der Waals surface area contributed by atoms with Gasteiger partial charge in [-0.15, -0.1) is 11.3 Å². The van der Waals surface area contributed by atoms with Crippen LogP contribution in [0.2, 0.25) is 0 Å². The van der Waals surface area contributed by atoms with Crippen LogP contribution < -0.4 is 5.32 Å². The van der Waals surface area contributed by atoms with E-state index in [2.05, 4.69) is 22.3 Å². The first-order chi connectivity index (χ1) is 12.7. The molecule has 2 aliphatic heterocycles. The Morgan fingerprint density at radius 2 is 1.78 bits per heavy atom. The molecule has 0 unspecified atom stereocenters. The van der Waals surface area contributed by atoms with E-state index >= 15 is 0 Å². The van der Waals surface area contributed by atoms with Gasteiger partial charge in [-0.05, 0) is 38.4 Å². The number of alkyl halides is 3. The molecule has 2 N–H and O–H groups in total. The van der Waals surface area contributed by atoms with Crippen molar-refractivity contribution < 1.29 is 27.9 Å². The number of benzene rings is 1. The minimum Gasteiger partial charge on any atom is -0.475 e. The summed E-state index contributed by atoms with van der Waals surface area (Å²) in [5.41, 5.74) is 1.04. The minimum atomic E-state index is -5.08. The molecule has 5 nitrogen and oxygen atoms in total. The van der Waals surface area contributed by atoms with E-state index in [1.165, 1.54) is 11.1 Å². The molecule has 1 amide bonds. The molecule has 0 radical (unpaired) electrons. The van der Waals surface area contributed by atoms with Gasteiger partial charge in [0.2, 0.25) is 0 Å². The SMILES string of the molecule is O=C(O)C(F)(F)F.O=C(c1csc2ccccc12)N1CCC12CCNCC2. The number of hydrogen-bond acceptors (Lipinski definition) is 4. The van der Waals surface area contributed by atoms with E-state index in [1.807, 2.05) is 17.5 Å². The third-order valence-corrected chi connectivity index (χ3v) is 6.07. The van der Waals surface area contributed by atoms with E-state index in [4.69, 9.17) is 9.90 Å². The number of nitrogens with zero attached hydrogens (tertiary/aromatic N) is 1. The Balaban J connectivity index is 0.000000260. The molecule has 1 spiro atoms. The molecule has 146 valence electrons. The van der Waals surface area contributed by atoms with E-state index in [0.717, 1.165) is 43.4 Å². The highest BCUT2D eigenvalue weighted by atomic mass is 32.1. The smallest absolute Gasteiger partial charge is 0.475 e. The Morgan fingerprint density at radius 3 is 2.33 bits per heavy atom. The normalized spacial score (nSPS) is 18.6. The quantitative estimate of drug-likeness (QED) is 0.769. The Morgan fingerprint density at radius 1 is 1.15 bits per heavy atom. The molecule has 1 aromatic heterocycles. The molecule has 2 aliphatic rings. The van der Waals surface area contributed by atoms with E-state index < -0.39 is 12.1 Å². The predicted molar refractivity (Wildman–Crippen MR) is 96.0 cm³/mol. The Labute approximate surface area is 157 Å². The molecule has 2 aromatic rings. The second-order valence-corrected chi connectivity index (χ2v) is 7.54. The molecule has 2 saturated heterocycles. The van der Waals surface area contributed by atoms with Gasteiger partial charge in [0.1, 0.15) is 0 Å². The van der Waals surface area contributed by atoms with Crippen LogP contribution >= 0.6 is 11.3 Å². The zero-order valence-corrected chi connectivity index (χ0v) is 15.2. The lowest BCUT2D eigenvalue weighted by molar-refractivity contribution is -0.192. The number of halogens is 3. The van der Waals surface area contributed by atoms with Crippen LogP contribution in [0.1, 0.15) is 29.6 Å². The van der Waals surface area contributed by atoms with Crippen LogP contribution in [-0.4, -0.2) is 53.2 Å². The lowest BCUT2D eigenvalue weighted by Gasteiger charge is -2.55. The molecule has 0 atom stereocenters. The first-order valence-corrected chi connectivity index (χ1v) is 9.42. The Bertz CT molecular complexity index is 844. The fourth-order valence-electron chi connectivity index (χ4n) is 3.56. The van der Waals surface area contributed by atoms with Gasteiger partial charge in [0.05, 0.1) is 5.56 Å². The number of likely N-dealkylation sites (tertiary alicyclic amines) is 1. The van der Waals surface area contributed by atoms with Gasteiger partial charge in [0.25, 0.3) is 5.91 Å². The van der Waals surface area contributed by atoms with Crippen molar-refractivity contribution in [2.24, 2.45) is 0 Å². The number of aliphatic carboxylic acids is 1. The maximum atomic E-state index is 12.9. The van der Waals surface area contributed by atoms with Gasteiger partial charge < -0.3 is 15.3 Å². The van der Waals surface area contributed by atoms with Crippen LogP contribution in [0, 0.1) is 0 Å². The van der Waals surface area contributed by atoms with Crippen LogP contribution in [0.25, 0.3) is 10.1 Å². The average Bonchev–Trinajstić information content (AvgIpc) is 3.05. The number of carboxylic acids is 1. The number of hydrogen-bond donors (Lipinski definition) is 2. The van der Waals surface area contributed by atoms with E-state index in [1.54, 1.807) is 11.3 Å². The Kier molecular flexibility index (Phi) is 5.43. The second kappa shape index (κ2) is 7.47. The third-order valence-electron chi connectivity index (χ3n) is 5.11. The van der Waals surface area contributed by atoms with Crippen LogP contribution in [-0.2, 0) is 4.79 Å². The van der Waals surface area contributed by atoms with Gasteiger partial charge in [0, 0.05) is 27.5 Å². The van der Waals surface area contributed by atoms with Crippen LogP contribution in [0.3, 0.4) is 0 Å². The average molecular weight is 400 g/mol.